The highest BCUT2D eigenvalue weighted by atomic mass is 19.1. The molecule has 3 rings (SSSR count). The molecule has 0 heterocycles. The largest absolute Gasteiger partial charge is 0.491 e. The van der Waals surface area contributed by atoms with Crippen LogP contribution >= 0.6 is 0 Å². The molecule has 34 heavy (non-hydrogen) atoms. The van der Waals surface area contributed by atoms with Crippen molar-refractivity contribution < 1.29 is 13.9 Å². The highest BCUT2D eigenvalue weighted by molar-refractivity contribution is 5.77. The van der Waals surface area contributed by atoms with Crippen LogP contribution in [0.5, 0.6) is 5.75 Å². The maximum Gasteiger partial charge on any atom is 0.119 e. The maximum absolute atomic E-state index is 15.5. The van der Waals surface area contributed by atoms with Crippen LogP contribution in [0.3, 0.4) is 0 Å². The van der Waals surface area contributed by atoms with Gasteiger partial charge in [-0.3, -0.25) is 0 Å². The molecule has 0 spiro atoms. The molecule has 3 heteroatoms. The summed E-state index contributed by atoms with van der Waals surface area (Å²) in [6.07, 6.45) is 13.5. The lowest BCUT2D eigenvalue weighted by atomic mass is 9.83. The van der Waals surface area contributed by atoms with E-state index in [1.54, 1.807) is 0 Å². The number of hydrogen-bond donors (Lipinski definition) is 0. The minimum absolute atomic E-state index is 0.137. The normalized spacial score (nSPS) is 18.8. The number of unbranched alkanes of at least 4 members (excludes halogenated alkanes) is 5. The first-order chi connectivity index (χ1) is 16.6. The second-order valence-corrected chi connectivity index (χ2v) is 9.44. The van der Waals surface area contributed by atoms with Crippen molar-refractivity contribution in [3.05, 3.63) is 83.7 Å². The SMILES string of the molecule is CCCCCCO[C@]1(c2ccccc2)C=CC(c2ccc(OC(C)CCCCC)cc2)=C(F)C1. The van der Waals surface area contributed by atoms with Gasteiger partial charge in [0.1, 0.15) is 17.2 Å². The molecule has 0 fully saturated rings. The highest BCUT2D eigenvalue weighted by Crippen LogP contribution is 2.42. The van der Waals surface area contributed by atoms with E-state index in [-0.39, 0.29) is 18.4 Å². The van der Waals surface area contributed by atoms with Crippen molar-refractivity contribution in [2.75, 3.05) is 6.61 Å². The number of halogens is 1. The van der Waals surface area contributed by atoms with E-state index >= 15 is 4.39 Å². The van der Waals surface area contributed by atoms with Gasteiger partial charge in [0, 0.05) is 18.6 Å². The Kier molecular flexibility index (Phi) is 10.4. The topological polar surface area (TPSA) is 18.5 Å². The van der Waals surface area contributed by atoms with E-state index in [9.17, 15) is 0 Å². The number of benzene rings is 2. The average Bonchev–Trinajstić information content (AvgIpc) is 2.85. The second kappa shape index (κ2) is 13.5. The van der Waals surface area contributed by atoms with Crippen LogP contribution in [0.2, 0.25) is 0 Å². The molecule has 1 aliphatic carbocycles. The standard InChI is InChI=1S/C31H41FO2/c1-4-6-8-13-23-33-31(27-15-11-9-12-16-27)22-21-29(30(32)24-31)26-17-19-28(20-18-26)34-25(3)14-10-7-5-2/h9,11-12,15-22,25H,4-8,10,13-14,23-24H2,1-3H3/t25?,31-/m1/s1. The third-order valence-electron chi connectivity index (χ3n) is 6.57. The fourth-order valence-electron chi connectivity index (χ4n) is 4.52. The van der Waals surface area contributed by atoms with Gasteiger partial charge in [0.05, 0.1) is 6.10 Å². The Morgan fingerprint density at radius 1 is 0.882 bits per heavy atom. The Labute approximate surface area is 205 Å². The molecule has 184 valence electrons. The van der Waals surface area contributed by atoms with E-state index in [1.165, 1.54) is 32.1 Å². The molecule has 1 unspecified atom stereocenters. The summed E-state index contributed by atoms with van der Waals surface area (Å²) in [5, 5.41) is 0. The van der Waals surface area contributed by atoms with E-state index in [2.05, 4.69) is 20.8 Å². The monoisotopic (exact) mass is 464 g/mol. The summed E-state index contributed by atoms with van der Waals surface area (Å²) in [7, 11) is 0. The van der Waals surface area contributed by atoms with Gasteiger partial charge in [-0.25, -0.2) is 4.39 Å². The Hall–Kier alpha value is -2.39. The summed E-state index contributed by atoms with van der Waals surface area (Å²) >= 11 is 0. The molecule has 0 aliphatic heterocycles. The molecule has 0 aromatic heterocycles. The first-order valence-corrected chi connectivity index (χ1v) is 13.1. The van der Waals surface area contributed by atoms with Crippen molar-refractivity contribution >= 4 is 5.57 Å². The van der Waals surface area contributed by atoms with E-state index in [0.29, 0.717) is 12.2 Å². The summed E-state index contributed by atoms with van der Waals surface area (Å²) in [5.74, 6) is 0.698. The van der Waals surface area contributed by atoms with Gasteiger partial charge in [-0.05, 0) is 55.5 Å². The minimum Gasteiger partial charge on any atom is -0.491 e. The fourth-order valence-corrected chi connectivity index (χ4v) is 4.52. The first kappa shape index (κ1) is 26.2. The van der Waals surface area contributed by atoms with Crippen LogP contribution in [-0.4, -0.2) is 12.7 Å². The molecule has 0 saturated carbocycles. The summed E-state index contributed by atoms with van der Waals surface area (Å²) < 4.78 is 28.0. The van der Waals surface area contributed by atoms with Gasteiger partial charge in [0.2, 0.25) is 0 Å². The molecule has 2 aromatic carbocycles. The average molecular weight is 465 g/mol. The van der Waals surface area contributed by atoms with Gasteiger partial charge in [-0.2, -0.15) is 0 Å². The Morgan fingerprint density at radius 2 is 1.59 bits per heavy atom. The van der Waals surface area contributed by atoms with Gasteiger partial charge in [-0.1, -0.05) is 94.5 Å². The summed E-state index contributed by atoms with van der Waals surface area (Å²) in [6.45, 7) is 7.15. The van der Waals surface area contributed by atoms with Crippen molar-refractivity contribution in [3.8, 4) is 5.75 Å². The van der Waals surface area contributed by atoms with Crippen LogP contribution in [0.25, 0.3) is 5.57 Å². The molecule has 0 saturated heterocycles. The van der Waals surface area contributed by atoms with Gasteiger partial charge < -0.3 is 9.47 Å². The van der Waals surface area contributed by atoms with E-state index in [1.807, 2.05) is 66.7 Å². The molecule has 2 atom stereocenters. The molecular formula is C31H41FO2. The van der Waals surface area contributed by atoms with E-state index in [4.69, 9.17) is 9.47 Å². The van der Waals surface area contributed by atoms with Crippen LogP contribution < -0.4 is 4.74 Å². The highest BCUT2D eigenvalue weighted by Gasteiger charge is 2.35. The summed E-state index contributed by atoms with van der Waals surface area (Å²) in [5.41, 5.74) is 1.74. The van der Waals surface area contributed by atoms with Gasteiger partial charge in [-0.15, -0.1) is 0 Å². The van der Waals surface area contributed by atoms with Crippen molar-refractivity contribution in [3.63, 3.8) is 0 Å². The quantitative estimate of drug-likeness (QED) is 0.259. The lowest BCUT2D eigenvalue weighted by molar-refractivity contribution is -0.0182. The number of rotatable bonds is 14. The zero-order valence-corrected chi connectivity index (χ0v) is 21.2. The number of allylic oxidation sites excluding steroid dienone is 2. The molecule has 2 nitrogen and oxygen atoms in total. The smallest absolute Gasteiger partial charge is 0.119 e. The molecule has 1 aliphatic rings. The van der Waals surface area contributed by atoms with E-state index < -0.39 is 5.60 Å². The zero-order valence-electron chi connectivity index (χ0n) is 21.2. The van der Waals surface area contributed by atoms with Gasteiger partial charge >= 0.3 is 0 Å². The molecule has 0 radical (unpaired) electrons. The van der Waals surface area contributed by atoms with Crippen LogP contribution in [0.1, 0.15) is 89.7 Å². The first-order valence-electron chi connectivity index (χ1n) is 13.1. The van der Waals surface area contributed by atoms with Crippen molar-refractivity contribution in [1.82, 2.24) is 0 Å². The molecule has 0 bridgehead atoms. The lowest BCUT2D eigenvalue weighted by Crippen LogP contribution is -2.30. The minimum atomic E-state index is -0.752. The van der Waals surface area contributed by atoms with Crippen molar-refractivity contribution in [2.45, 2.75) is 90.3 Å². The van der Waals surface area contributed by atoms with Crippen molar-refractivity contribution in [1.29, 1.82) is 0 Å². The number of ether oxygens (including phenoxy) is 2. The third-order valence-corrected chi connectivity index (χ3v) is 6.57. The van der Waals surface area contributed by atoms with Gasteiger partial charge in [0.15, 0.2) is 0 Å². The molecule has 0 N–H and O–H groups in total. The molecule has 2 aromatic rings. The predicted octanol–water partition coefficient (Wildman–Crippen LogP) is 9.17. The Morgan fingerprint density at radius 3 is 2.26 bits per heavy atom. The number of hydrogen-bond acceptors (Lipinski definition) is 2. The van der Waals surface area contributed by atoms with Crippen LogP contribution in [0.15, 0.2) is 72.6 Å². The van der Waals surface area contributed by atoms with E-state index in [0.717, 1.165) is 36.1 Å². The molecular weight excluding hydrogens is 423 g/mol. The van der Waals surface area contributed by atoms with Crippen molar-refractivity contribution in [2.24, 2.45) is 0 Å². The summed E-state index contributed by atoms with van der Waals surface area (Å²) in [6, 6.07) is 17.8. The molecule has 0 amide bonds. The maximum atomic E-state index is 15.5. The van der Waals surface area contributed by atoms with Gasteiger partial charge in [0.25, 0.3) is 0 Å². The van der Waals surface area contributed by atoms with Crippen LogP contribution in [-0.2, 0) is 10.3 Å². The zero-order chi connectivity index (χ0) is 24.2. The third kappa shape index (κ3) is 7.30. The predicted molar refractivity (Wildman–Crippen MR) is 141 cm³/mol. The Balaban J connectivity index is 1.70. The fraction of sp³-hybridized carbons (Fsp3) is 0.484. The van der Waals surface area contributed by atoms with Crippen LogP contribution in [0.4, 0.5) is 4.39 Å². The van der Waals surface area contributed by atoms with Crippen LogP contribution in [0, 0.1) is 0 Å². The lowest BCUT2D eigenvalue weighted by Gasteiger charge is -2.34. The summed E-state index contributed by atoms with van der Waals surface area (Å²) in [4.78, 5) is 0. The second-order valence-electron chi connectivity index (χ2n) is 9.44. The Bertz CT molecular complexity index is 916.